The highest BCUT2D eigenvalue weighted by Gasteiger charge is 2.20. The number of rotatable bonds is 6. The molecule has 1 aromatic rings. The lowest BCUT2D eigenvalue weighted by atomic mass is 9.95. The molecule has 3 nitrogen and oxygen atoms in total. The first-order chi connectivity index (χ1) is 8.68. The molecule has 0 spiro atoms. The minimum absolute atomic E-state index is 0.237. The Bertz CT molecular complexity index is 371. The second-order valence-corrected chi connectivity index (χ2v) is 5.45. The van der Waals surface area contributed by atoms with E-state index in [1.54, 1.807) is 0 Å². The van der Waals surface area contributed by atoms with Gasteiger partial charge in [0.25, 0.3) is 0 Å². The van der Waals surface area contributed by atoms with Crippen molar-refractivity contribution in [2.75, 3.05) is 6.61 Å². The molecular weight excluding hydrogens is 226 g/mol. The standard InChI is InChI=1S/C15H25NO2/c1-12(2)18-11-4-3-9-16-10-8-13-14(16)6-5-7-15(13)17/h8,10,12,15,17H,3-7,9,11H2,1-2H3. The Labute approximate surface area is 110 Å². The molecule has 1 unspecified atom stereocenters. The first-order valence-electron chi connectivity index (χ1n) is 7.16. The molecule has 0 amide bonds. The highest BCUT2D eigenvalue weighted by Crippen LogP contribution is 2.30. The van der Waals surface area contributed by atoms with Crippen LogP contribution in [-0.2, 0) is 17.7 Å². The van der Waals surface area contributed by atoms with Crippen molar-refractivity contribution in [2.24, 2.45) is 0 Å². The summed E-state index contributed by atoms with van der Waals surface area (Å²) in [4.78, 5) is 0. The number of aryl methyl sites for hydroxylation is 1. The fraction of sp³-hybridized carbons (Fsp3) is 0.733. The first kappa shape index (κ1) is 13.6. The van der Waals surface area contributed by atoms with Gasteiger partial charge in [-0.15, -0.1) is 0 Å². The molecule has 2 rings (SSSR count). The second kappa shape index (κ2) is 6.39. The molecule has 1 aliphatic rings. The van der Waals surface area contributed by atoms with Gasteiger partial charge < -0.3 is 14.4 Å². The van der Waals surface area contributed by atoms with Gasteiger partial charge in [0.05, 0.1) is 12.2 Å². The summed E-state index contributed by atoms with van der Waals surface area (Å²) in [6.07, 6.45) is 7.61. The van der Waals surface area contributed by atoms with E-state index in [4.69, 9.17) is 4.74 Å². The molecule has 1 aliphatic carbocycles. The number of fused-ring (bicyclic) bond motifs is 1. The molecular formula is C15H25NO2. The number of nitrogens with zero attached hydrogens (tertiary/aromatic N) is 1. The third-order valence-electron chi connectivity index (χ3n) is 3.61. The summed E-state index contributed by atoms with van der Waals surface area (Å²) in [7, 11) is 0. The predicted molar refractivity (Wildman–Crippen MR) is 72.7 cm³/mol. The molecule has 18 heavy (non-hydrogen) atoms. The van der Waals surface area contributed by atoms with Crippen molar-refractivity contribution in [2.45, 2.75) is 64.7 Å². The SMILES string of the molecule is CC(C)OCCCCn1ccc2c1CCCC2O. The third-order valence-corrected chi connectivity index (χ3v) is 3.61. The maximum absolute atomic E-state index is 9.91. The van der Waals surface area contributed by atoms with Crippen LogP contribution in [0.15, 0.2) is 12.3 Å². The van der Waals surface area contributed by atoms with Crippen LogP contribution < -0.4 is 0 Å². The van der Waals surface area contributed by atoms with Gasteiger partial charge in [-0.3, -0.25) is 0 Å². The zero-order valence-electron chi connectivity index (χ0n) is 11.6. The van der Waals surface area contributed by atoms with Gasteiger partial charge in [-0.05, 0) is 52.0 Å². The van der Waals surface area contributed by atoms with E-state index in [1.807, 2.05) is 0 Å². The summed E-state index contributed by atoms with van der Waals surface area (Å²) in [5.74, 6) is 0. The summed E-state index contributed by atoms with van der Waals surface area (Å²) < 4.78 is 7.85. The van der Waals surface area contributed by atoms with Crippen LogP contribution >= 0.6 is 0 Å². The maximum Gasteiger partial charge on any atom is 0.0807 e. The Morgan fingerprint density at radius 3 is 3.06 bits per heavy atom. The Kier molecular flexibility index (Phi) is 4.84. The van der Waals surface area contributed by atoms with E-state index in [0.717, 1.165) is 50.8 Å². The van der Waals surface area contributed by atoms with E-state index in [-0.39, 0.29) is 6.10 Å². The molecule has 0 saturated heterocycles. The van der Waals surface area contributed by atoms with Gasteiger partial charge in [0, 0.05) is 30.6 Å². The van der Waals surface area contributed by atoms with Crippen LogP contribution in [-0.4, -0.2) is 22.4 Å². The third kappa shape index (κ3) is 3.36. The number of ether oxygens (including phenoxy) is 1. The van der Waals surface area contributed by atoms with Gasteiger partial charge in [-0.25, -0.2) is 0 Å². The van der Waals surface area contributed by atoms with Gasteiger partial charge in [0.2, 0.25) is 0 Å². The highest BCUT2D eigenvalue weighted by atomic mass is 16.5. The Morgan fingerprint density at radius 2 is 2.28 bits per heavy atom. The van der Waals surface area contributed by atoms with E-state index >= 15 is 0 Å². The summed E-state index contributed by atoms with van der Waals surface area (Å²) in [6.45, 7) is 6.04. The predicted octanol–water partition coefficient (Wildman–Crippen LogP) is 3.06. The average molecular weight is 251 g/mol. The average Bonchev–Trinajstić information content (AvgIpc) is 2.73. The first-order valence-corrected chi connectivity index (χ1v) is 7.16. The number of aromatic nitrogens is 1. The maximum atomic E-state index is 9.91. The van der Waals surface area contributed by atoms with Crippen LogP contribution in [0.5, 0.6) is 0 Å². The van der Waals surface area contributed by atoms with Gasteiger partial charge in [-0.1, -0.05) is 0 Å². The molecule has 0 saturated carbocycles. The summed E-state index contributed by atoms with van der Waals surface area (Å²) >= 11 is 0. The molecule has 1 heterocycles. The van der Waals surface area contributed by atoms with Crippen molar-refractivity contribution in [3.8, 4) is 0 Å². The quantitative estimate of drug-likeness (QED) is 0.788. The van der Waals surface area contributed by atoms with E-state index < -0.39 is 0 Å². The number of unbranched alkanes of at least 4 members (excludes halogenated alkanes) is 1. The lowest BCUT2D eigenvalue weighted by Crippen LogP contribution is -2.12. The van der Waals surface area contributed by atoms with Crippen LogP contribution in [0.1, 0.15) is 56.9 Å². The normalized spacial score (nSPS) is 19.2. The lowest BCUT2D eigenvalue weighted by Gasteiger charge is -2.20. The number of hydrogen-bond acceptors (Lipinski definition) is 2. The molecule has 3 heteroatoms. The van der Waals surface area contributed by atoms with E-state index in [0.29, 0.717) is 6.10 Å². The molecule has 0 aliphatic heterocycles. The number of aliphatic hydroxyl groups excluding tert-OH is 1. The Hall–Kier alpha value is -0.800. The van der Waals surface area contributed by atoms with Gasteiger partial charge >= 0.3 is 0 Å². The van der Waals surface area contributed by atoms with Crippen LogP contribution in [0, 0.1) is 0 Å². The van der Waals surface area contributed by atoms with Crippen molar-refractivity contribution in [1.29, 1.82) is 0 Å². The van der Waals surface area contributed by atoms with Gasteiger partial charge in [-0.2, -0.15) is 0 Å². The van der Waals surface area contributed by atoms with Crippen LogP contribution in [0.4, 0.5) is 0 Å². The number of aliphatic hydroxyl groups is 1. The molecule has 0 fully saturated rings. The summed E-state index contributed by atoms with van der Waals surface area (Å²) in [6, 6.07) is 2.09. The Morgan fingerprint density at radius 1 is 1.44 bits per heavy atom. The zero-order chi connectivity index (χ0) is 13.0. The lowest BCUT2D eigenvalue weighted by molar-refractivity contribution is 0.0754. The van der Waals surface area contributed by atoms with Gasteiger partial charge in [0.15, 0.2) is 0 Å². The smallest absolute Gasteiger partial charge is 0.0807 e. The minimum Gasteiger partial charge on any atom is -0.388 e. The zero-order valence-corrected chi connectivity index (χ0v) is 11.6. The van der Waals surface area contributed by atoms with E-state index in [9.17, 15) is 5.11 Å². The fourth-order valence-corrected chi connectivity index (χ4v) is 2.64. The molecule has 1 aromatic heterocycles. The minimum atomic E-state index is -0.237. The molecule has 1 N–H and O–H groups in total. The molecule has 0 bridgehead atoms. The van der Waals surface area contributed by atoms with Crippen molar-refractivity contribution >= 4 is 0 Å². The summed E-state index contributed by atoms with van der Waals surface area (Å²) in [5.41, 5.74) is 2.50. The van der Waals surface area contributed by atoms with Crippen LogP contribution in [0.25, 0.3) is 0 Å². The van der Waals surface area contributed by atoms with E-state index in [1.165, 1.54) is 5.69 Å². The van der Waals surface area contributed by atoms with Crippen molar-refractivity contribution < 1.29 is 9.84 Å². The van der Waals surface area contributed by atoms with Gasteiger partial charge in [0.1, 0.15) is 0 Å². The largest absolute Gasteiger partial charge is 0.388 e. The summed E-state index contributed by atoms with van der Waals surface area (Å²) in [5, 5.41) is 9.91. The van der Waals surface area contributed by atoms with Crippen molar-refractivity contribution in [1.82, 2.24) is 4.57 Å². The topological polar surface area (TPSA) is 34.4 Å². The van der Waals surface area contributed by atoms with Crippen molar-refractivity contribution in [3.05, 3.63) is 23.5 Å². The number of hydrogen-bond donors (Lipinski definition) is 1. The monoisotopic (exact) mass is 251 g/mol. The fourth-order valence-electron chi connectivity index (χ4n) is 2.64. The Balaban J connectivity index is 1.80. The second-order valence-electron chi connectivity index (χ2n) is 5.45. The van der Waals surface area contributed by atoms with E-state index in [2.05, 4.69) is 30.7 Å². The molecule has 0 aromatic carbocycles. The molecule has 1 atom stereocenters. The van der Waals surface area contributed by atoms with Crippen LogP contribution in [0.3, 0.4) is 0 Å². The van der Waals surface area contributed by atoms with Crippen molar-refractivity contribution in [3.63, 3.8) is 0 Å². The van der Waals surface area contributed by atoms with Crippen LogP contribution in [0.2, 0.25) is 0 Å². The molecule has 102 valence electrons. The molecule has 0 radical (unpaired) electrons. The highest BCUT2D eigenvalue weighted by molar-refractivity contribution is 5.27.